The average Bonchev–Trinajstić information content (AvgIpc) is 2.91. The van der Waals surface area contributed by atoms with Crippen LogP contribution >= 0.6 is 0 Å². The predicted octanol–water partition coefficient (Wildman–Crippen LogP) is 2.27. The third kappa shape index (κ3) is 3.13. The van der Waals surface area contributed by atoms with Crippen molar-refractivity contribution in [3.63, 3.8) is 0 Å². The number of nitrogens with zero attached hydrogens (tertiary/aromatic N) is 1. The van der Waals surface area contributed by atoms with Crippen molar-refractivity contribution in [1.82, 2.24) is 10.2 Å². The van der Waals surface area contributed by atoms with Gasteiger partial charge in [0, 0.05) is 12.1 Å². The van der Waals surface area contributed by atoms with Gasteiger partial charge in [0.15, 0.2) is 5.76 Å². The minimum absolute atomic E-state index is 0.00265. The minimum atomic E-state index is -0.134. The summed E-state index contributed by atoms with van der Waals surface area (Å²) < 4.78 is 5.08. The zero-order chi connectivity index (χ0) is 13.0. The summed E-state index contributed by atoms with van der Waals surface area (Å²) in [7, 11) is 0. The van der Waals surface area contributed by atoms with Crippen molar-refractivity contribution in [2.24, 2.45) is 0 Å². The molecule has 1 aliphatic rings. The summed E-state index contributed by atoms with van der Waals surface area (Å²) in [5.74, 6) is 0.245. The van der Waals surface area contributed by atoms with Crippen LogP contribution in [0.15, 0.2) is 22.8 Å². The van der Waals surface area contributed by atoms with Gasteiger partial charge in [-0.3, -0.25) is 9.69 Å². The summed E-state index contributed by atoms with van der Waals surface area (Å²) in [6.45, 7) is 7.27. The first-order chi connectivity index (χ1) is 8.59. The van der Waals surface area contributed by atoms with E-state index in [1.54, 1.807) is 12.1 Å². The Morgan fingerprint density at radius 2 is 2.11 bits per heavy atom. The summed E-state index contributed by atoms with van der Waals surface area (Å²) in [5, 5.41) is 2.95. The highest BCUT2D eigenvalue weighted by atomic mass is 16.3. The Kier molecular flexibility index (Phi) is 4.07. The number of hydrogen-bond acceptors (Lipinski definition) is 3. The standard InChI is InChI=1S/C14H22N2O2/c1-14(2,16-8-4-3-5-9-16)11-15-13(17)12-7-6-10-18-12/h6-7,10H,3-5,8-9,11H2,1-2H3,(H,15,17). The largest absolute Gasteiger partial charge is 0.459 e. The van der Waals surface area contributed by atoms with Gasteiger partial charge in [0.25, 0.3) is 5.91 Å². The maximum Gasteiger partial charge on any atom is 0.287 e. The average molecular weight is 250 g/mol. The highest BCUT2D eigenvalue weighted by molar-refractivity contribution is 5.91. The van der Waals surface area contributed by atoms with Crippen LogP contribution < -0.4 is 5.32 Å². The van der Waals surface area contributed by atoms with E-state index in [4.69, 9.17) is 4.42 Å². The Labute approximate surface area is 108 Å². The third-order valence-electron chi connectivity index (χ3n) is 3.64. The van der Waals surface area contributed by atoms with Gasteiger partial charge < -0.3 is 9.73 Å². The van der Waals surface area contributed by atoms with Crippen LogP contribution in [0.5, 0.6) is 0 Å². The summed E-state index contributed by atoms with van der Waals surface area (Å²) in [5.41, 5.74) is 0.00265. The molecular formula is C14H22N2O2. The van der Waals surface area contributed by atoms with Crippen LogP contribution in [0.1, 0.15) is 43.7 Å². The fourth-order valence-corrected chi connectivity index (χ4v) is 2.40. The maximum atomic E-state index is 11.8. The molecule has 0 spiro atoms. The first-order valence-electron chi connectivity index (χ1n) is 6.66. The van der Waals surface area contributed by atoms with Crippen LogP contribution in [0.3, 0.4) is 0 Å². The fourth-order valence-electron chi connectivity index (χ4n) is 2.40. The van der Waals surface area contributed by atoms with E-state index in [1.807, 2.05) is 0 Å². The molecule has 0 unspecified atom stereocenters. The zero-order valence-electron chi connectivity index (χ0n) is 11.2. The van der Waals surface area contributed by atoms with Crippen LogP contribution in [0, 0.1) is 0 Å². The molecule has 2 rings (SSSR count). The molecule has 0 aliphatic carbocycles. The van der Waals surface area contributed by atoms with E-state index in [-0.39, 0.29) is 11.4 Å². The lowest BCUT2D eigenvalue weighted by molar-refractivity contribution is 0.0779. The van der Waals surface area contributed by atoms with Gasteiger partial charge in [-0.15, -0.1) is 0 Å². The number of nitrogens with one attached hydrogen (secondary N) is 1. The van der Waals surface area contributed by atoms with E-state index in [1.165, 1.54) is 25.5 Å². The van der Waals surface area contributed by atoms with Crippen molar-refractivity contribution in [3.05, 3.63) is 24.2 Å². The van der Waals surface area contributed by atoms with Gasteiger partial charge in [-0.25, -0.2) is 0 Å². The molecule has 1 amide bonds. The number of likely N-dealkylation sites (tertiary alicyclic amines) is 1. The molecule has 4 nitrogen and oxygen atoms in total. The van der Waals surface area contributed by atoms with Crippen LogP contribution in [0.2, 0.25) is 0 Å². The predicted molar refractivity (Wildman–Crippen MR) is 70.5 cm³/mol. The Bertz CT molecular complexity index is 379. The summed E-state index contributed by atoms with van der Waals surface area (Å²) in [6.07, 6.45) is 5.36. The molecule has 0 saturated carbocycles. The Balaban J connectivity index is 1.86. The molecule has 1 aromatic heterocycles. The molecule has 4 heteroatoms. The highest BCUT2D eigenvalue weighted by Crippen LogP contribution is 2.19. The molecule has 0 bridgehead atoms. The molecule has 18 heavy (non-hydrogen) atoms. The highest BCUT2D eigenvalue weighted by Gasteiger charge is 2.28. The second kappa shape index (κ2) is 5.57. The first kappa shape index (κ1) is 13.1. The summed E-state index contributed by atoms with van der Waals surface area (Å²) in [6, 6.07) is 3.41. The molecule has 1 N–H and O–H groups in total. The minimum Gasteiger partial charge on any atom is -0.459 e. The molecule has 0 radical (unpaired) electrons. The normalized spacial score (nSPS) is 17.7. The quantitative estimate of drug-likeness (QED) is 0.891. The molecule has 0 aromatic carbocycles. The van der Waals surface area contributed by atoms with Gasteiger partial charge in [-0.2, -0.15) is 0 Å². The second-order valence-electron chi connectivity index (χ2n) is 5.52. The monoisotopic (exact) mass is 250 g/mol. The molecule has 2 heterocycles. The van der Waals surface area contributed by atoms with E-state index in [0.29, 0.717) is 12.3 Å². The van der Waals surface area contributed by atoms with Gasteiger partial charge in [-0.1, -0.05) is 6.42 Å². The van der Waals surface area contributed by atoms with Crippen molar-refractivity contribution in [2.75, 3.05) is 19.6 Å². The number of furan rings is 1. The van der Waals surface area contributed by atoms with Crippen molar-refractivity contribution >= 4 is 5.91 Å². The van der Waals surface area contributed by atoms with Crippen LogP contribution in [-0.2, 0) is 0 Å². The summed E-state index contributed by atoms with van der Waals surface area (Å²) in [4.78, 5) is 14.3. The topological polar surface area (TPSA) is 45.5 Å². The number of rotatable bonds is 4. The zero-order valence-corrected chi connectivity index (χ0v) is 11.2. The molecule has 1 fully saturated rings. The first-order valence-corrected chi connectivity index (χ1v) is 6.66. The van der Waals surface area contributed by atoms with E-state index in [0.717, 1.165) is 13.1 Å². The molecule has 1 aromatic rings. The molecule has 0 atom stereocenters. The Hall–Kier alpha value is -1.29. The summed E-state index contributed by atoms with van der Waals surface area (Å²) >= 11 is 0. The van der Waals surface area contributed by atoms with E-state index in [9.17, 15) is 4.79 Å². The second-order valence-corrected chi connectivity index (χ2v) is 5.52. The molecule has 1 saturated heterocycles. The van der Waals surface area contributed by atoms with Gasteiger partial charge in [-0.05, 0) is 51.9 Å². The Morgan fingerprint density at radius 3 is 2.72 bits per heavy atom. The number of piperidine rings is 1. The van der Waals surface area contributed by atoms with Crippen molar-refractivity contribution in [1.29, 1.82) is 0 Å². The van der Waals surface area contributed by atoms with Crippen LogP contribution in [0.25, 0.3) is 0 Å². The Morgan fingerprint density at radius 1 is 1.39 bits per heavy atom. The number of hydrogen-bond donors (Lipinski definition) is 1. The van der Waals surface area contributed by atoms with Crippen molar-refractivity contribution in [3.8, 4) is 0 Å². The molecule has 1 aliphatic heterocycles. The lowest BCUT2D eigenvalue weighted by atomic mass is 9.98. The third-order valence-corrected chi connectivity index (χ3v) is 3.64. The molecule has 100 valence electrons. The number of carbonyl (C=O) groups is 1. The van der Waals surface area contributed by atoms with Gasteiger partial charge >= 0.3 is 0 Å². The number of carbonyl (C=O) groups excluding carboxylic acids is 1. The lowest BCUT2D eigenvalue weighted by Gasteiger charge is -2.41. The van der Waals surface area contributed by atoms with E-state index >= 15 is 0 Å². The van der Waals surface area contributed by atoms with E-state index in [2.05, 4.69) is 24.1 Å². The number of amides is 1. The lowest BCUT2D eigenvalue weighted by Crippen LogP contribution is -2.53. The SMILES string of the molecule is CC(C)(CNC(=O)c1ccco1)N1CCCCC1. The van der Waals surface area contributed by atoms with Gasteiger partial charge in [0.05, 0.1) is 6.26 Å². The van der Waals surface area contributed by atoms with E-state index < -0.39 is 0 Å². The van der Waals surface area contributed by atoms with Crippen LogP contribution in [-0.4, -0.2) is 36.0 Å². The van der Waals surface area contributed by atoms with Gasteiger partial charge in [0.1, 0.15) is 0 Å². The van der Waals surface area contributed by atoms with Gasteiger partial charge in [0.2, 0.25) is 0 Å². The van der Waals surface area contributed by atoms with Crippen molar-refractivity contribution < 1.29 is 9.21 Å². The molecular weight excluding hydrogens is 228 g/mol. The van der Waals surface area contributed by atoms with Crippen molar-refractivity contribution in [2.45, 2.75) is 38.6 Å². The fraction of sp³-hybridized carbons (Fsp3) is 0.643. The maximum absolute atomic E-state index is 11.8. The smallest absolute Gasteiger partial charge is 0.287 e. The van der Waals surface area contributed by atoms with Crippen LogP contribution in [0.4, 0.5) is 0 Å².